The van der Waals surface area contributed by atoms with Gasteiger partial charge >= 0.3 is 12.4 Å². The van der Waals surface area contributed by atoms with Gasteiger partial charge in [-0.05, 0) is 53.1 Å². The molecule has 208 valence electrons. The molecule has 0 unspecified atom stereocenters. The quantitative estimate of drug-likeness (QED) is 0.226. The number of carbonyl (C=O) groups excluding carboxylic acids is 1. The largest absolute Gasteiger partial charge is 0.573 e. The van der Waals surface area contributed by atoms with Crippen LogP contribution in [0.15, 0.2) is 60.8 Å². The highest BCUT2D eigenvalue weighted by atomic mass is 19.4. The first-order valence-corrected chi connectivity index (χ1v) is 12.2. The van der Waals surface area contributed by atoms with Gasteiger partial charge in [0.15, 0.2) is 11.6 Å². The van der Waals surface area contributed by atoms with E-state index in [1.165, 1.54) is 47.2 Å². The summed E-state index contributed by atoms with van der Waals surface area (Å²) < 4.78 is 84.3. The van der Waals surface area contributed by atoms with E-state index in [1.54, 1.807) is 12.2 Å². The molecule has 0 saturated carbocycles. The lowest BCUT2D eigenvalue weighted by atomic mass is 10.0. The fourth-order valence-corrected chi connectivity index (χ4v) is 4.74. The molecule has 0 atom stereocenters. The van der Waals surface area contributed by atoms with Crippen molar-refractivity contribution in [3.63, 3.8) is 0 Å². The Morgan fingerprint density at radius 2 is 1.88 bits per heavy atom. The third kappa shape index (κ3) is 6.12. The van der Waals surface area contributed by atoms with E-state index in [0.717, 1.165) is 17.7 Å². The first kappa shape index (κ1) is 27.3. The number of alkyl halides is 3. The van der Waals surface area contributed by atoms with Crippen LogP contribution in [-0.4, -0.2) is 39.9 Å². The molecule has 1 aliphatic rings. The van der Waals surface area contributed by atoms with Crippen molar-refractivity contribution in [2.75, 3.05) is 13.1 Å². The lowest BCUT2D eigenvalue weighted by molar-refractivity contribution is -0.274. The minimum Gasteiger partial charge on any atom is -0.406 e. The number of benzene rings is 2. The number of hydrogen-bond acceptors (Lipinski definition) is 4. The van der Waals surface area contributed by atoms with E-state index in [1.807, 2.05) is 0 Å². The van der Waals surface area contributed by atoms with E-state index in [4.69, 9.17) is 0 Å². The fraction of sp³-hybridized carbons (Fsp3) is 0.214. The lowest BCUT2D eigenvalue weighted by Crippen LogP contribution is -2.34. The van der Waals surface area contributed by atoms with Crippen molar-refractivity contribution in [3.8, 4) is 5.75 Å². The average Bonchev–Trinajstić information content (AvgIpc) is 3.21. The number of hydrogen-bond donors (Lipinski definition) is 1. The number of rotatable bonds is 6. The summed E-state index contributed by atoms with van der Waals surface area (Å²) in [4.78, 5) is 18.8. The average molecular weight is 560 g/mol. The molecule has 5 rings (SSSR count). The van der Waals surface area contributed by atoms with Crippen LogP contribution in [0.25, 0.3) is 17.0 Å². The Morgan fingerprint density at radius 3 is 2.62 bits per heavy atom. The predicted molar refractivity (Wildman–Crippen MR) is 135 cm³/mol. The third-order valence-electron chi connectivity index (χ3n) is 6.49. The molecule has 3 heterocycles. The number of carbonyl (C=O) groups is 1. The zero-order valence-electron chi connectivity index (χ0n) is 20.8. The highest BCUT2D eigenvalue weighted by Crippen LogP contribution is 2.34. The van der Waals surface area contributed by atoms with E-state index in [0.29, 0.717) is 48.3 Å². The topological polar surface area (TPSA) is 59.4 Å². The van der Waals surface area contributed by atoms with Crippen LogP contribution in [0.5, 0.6) is 5.75 Å². The molecule has 2 aromatic heterocycles. The molecular formula is C28H22F6N4O2. The van der Waals surface area contributed by atoms with Crippen molar-refractivity contribution in [2.45, 2.75) is 25.9 Å². The Kier molecular flexibility index (Phi) is 7.53. The number of nitrogens with zero attached hydrogens (tertiary/aromatic N) is 3. The molecule has 0 saturated heterocycles. The van der Waals surface area contributed by atoms with Crippen molar-refractivity contribution in [3.05, 3.63) is 101 Å². The van der Waals surface area contributed by atoms with Crippen LogP contribution in [-0.2, 0) is 19.5 Å². The minimum atomic E-state index is -4.91. The number of fused-ring (bicyclic) bond motifs is 3. The molecule has 2 aromatic carbocycles. The highest BCUT2D eigenvalue weighted by Gasteiger charge is 2.32. The Hall–Kier alpha value is -4.32. The summed E-state index contributed by atoms with van der Waals surface area (Å²) in [6.45, 7) is 1.36. The number of halogens is 6. The van der Waals surface area contributed by atoms with Gasteiger partial charge in [-0.25, -0.2) is 18.6 Å². The van der Waals surface area contributed by atoms with Crippen molar-refractivity contribution < 1.29 is 35.9 Å². The second-order valence-corrected chi connectivity index (χ2v) is 9.19. The van der Waals surface area contributed by atoms with Crippen LogP contribution in [0.3, 0.4) is 0 Å². The third-order valence-corrected chi connectivity index (χ3v) is 6.49. The molecule has 0 spiro atoms. The number of nitrogens with one attached hydrogen (secondary N) is 1. The van der Waals surface area contributed by atoms with Gasteiger partial charge in [0, 0.05) is 55.9 Å². The van der Waals surface area contributed by atoms with E-state index in [9.17, 15) is 31.1 Å². The van der Waals surface area contributed by atoms with E-state index in [2.05, 4.69) is 19.9 Å². The molecule has 1 amide bonds. The molecule has 1 aliphatic heterocycles. The second-order valence-electron chi connectivity index (χ2n) is 9.19. The van der Waals surface area contributed by atoms with E-state index < -0.39 is 35.7 Å². The Bertz CT molecular complexity index is 1600. The molecule has 0 bridgehead atoms. The molecule has 6 nitrogen and oxygen atoms in total. The molecule has 1 N–H and O–H groups in total. The number of amides is 1. The van der Waals surface area contributed by atoms with Crippen LogP contribution in [0.1, 0.15) is 22.4 Å². The van der Waals surface area contributed by atoms with Gasteiger partial charge in [-0.2, -0.15) is 4.39 Å². The van der Waals surface area contributed by atoms with Gasteiger partial charge < -0.3 is 10.1 Å². The lowest BCUT2D eigenvalue weighted by Gasteiger charge is -2.27. The summed E-state index contributed by atoms with van der Waals surface area (Å²) in [7, 11) is 0. The van der Waals surface area contributed by atoms with Crippen LogP contribution in [0.4, 0.5) is 31.1 Å². The second kappa shape index (κ2) is 11.0. The molecule has 0 radical (unpaired) electrons. The van der Waals surface area contributed by atoms with E-state index in [-0.39, 0.29) is 12.1 Å². The van der Waals surface area contributed by atoms with E-state index >= 15 is 0 Å². The SMILES string of the molecule is O=C(NCc1ccnc(F)c1)n1c2c(c3ccc(OC(F)(F)F)cc31)CN(CC=Cc1ccc(F)c(F)c1)CC2. The molecular weight excluding hydrogens is 538 g/mol. The maximum absolute atomic E-state index is 13.5. The van der Waals surface area contributed by atoms with Gasteiger partial charge in [-0.3, -0.25) is 9.47 Å². The summed E-state index contributed by atoms with van der Waals surface area (Å²) in [6.07, 6.45) is 0.231. The molecule has 0 fully saturated rings. The fourth-order valence-electron chi connectivity index (χ4n) is 4.74. The number of pyridine rings is 1. The van der Waals surface area contributed by atoms with Crippen molar-refractivity contribution in [2.24, 2.45) is 0 Å². The summed E-state index contributed by atoms with van der Waals surface area (Å²) in [6, 6.07) is 9.56. The maximum Gasteiger partial charge on any atom is 0.573 e. The van der Waals surface area contributed by atoms with Gasteiger partial charge in [-0.15, -0.1) is 13.2 Å². The van der Waals surface area contributed by atoms with Gasteiger partial charge in [0.05, 0.1) is 5.52 Å². The van der Waals surface area contributed by atoms with Gasteiger partial charge in [0.1, 0.15) is 5.75 Å². The summed E-state index contributed by atoms with van der Waals surface area (Å²) in [5.41, 5.74) is 2.61. The Morgan fingerprint density at radius 1 is 1.05 bits per heavy atom. The van der Waals surface area contributed by atoms with Crippen LogP contribution in [0, 0.1) is 17.6 Å². The first-order chi connectivity index (χ1) is 19.1. The van der Waals surface area contributed by atoms with Gasteiger partial charge in [0.2, 0.25) is 5.95 Å². The minimum absolute atomic E-state index is 0.0215. The standard InChI is InChI=1S/C28H22F6N4O2/c29-22-6-3-17(12-23(22)30)2-1-10-37-11-8-24-21(16-37)20-5-4-19(40-28(32,33)34)14-25(20)38(24)27(39)36-15-18-7-9-35-26(31)13-18/h1-7,9,12-14H,8,10-11,15-16H2,(H,36,39). The molecule has 4 aromatic rings. The highest BCUT2D eigenvalue weighted by molar-refractivity contribution is 5.96. The summed E-state index contributed by atoms with van der Waals surface area (Å²) in [5.74, 6) is -3.05. The monoisotopic (exact) mass is 560 g/mol. The molecule has 12 heteroatoms. The van der Waals surface area contributed by atoms with Gasteiger partial charge in [-0.1, -0.05) is 18.2 Å². The van der Waals surface area contributed by atoms with Crippen LogP contribution < -0.4 is 10.1 Å². The normalized spacial score (nSPS) is 14.1. The smallest absolute Gasteiger partial charge is 0.406 e. The predicted octanol–water partition coefficient (Wildman–Crippen LogP) is 6.18. The maximum atomic E-state index is 13.5. The zero-order valence-corrected chi connectivity index (χ0v) is 20.8. The van der Waals surface area contributed by atoms with Crippen LogP contribution >= 0.6 is 0 Å². The Balaban J connectivity index is 1.42. The van der Waals surface area contributed by atoms with Crippen molar-refractivity contribution in [1.29, 1.82) is 0 Å². The van der Waals surface area contributed by atoms with Crippen molar-refractivity contribution in [1.82, 2.24) is 19.8 Å². The van der Waals surface area contributed by atoms with Crippen LogP contribution in [0.2, 0.25) is 0 Å². The molecule has 0 aliphatic carbocycles. The summed E-state index contributed by atoms with van der Waals surface area (Å²) in [5, 5.41) is 3.28. The number of aromatic nitrogens is 2. The van der Waals surface area contributed by atoms with Gasteiger partial charge in [0.25, 0.3) is 0 Å². The zero-order chi connectivity index (χ0) is 28.4. The Labute approximate surface area is 224 Å². The molecule has 40 heavy (non-hydrogen) atoms. The summed E-state index contributed by atoms with van der Waals surface area (Å²) >= 11 is 0. The number of ether oxygens (including phenoxy) is 1. The van der Waals surface area contributed by atoms with Crippen molar-refractivity contribution >= 4 is 23.0 Å². The first-order valence-electron chi connectivity index (χ1n) is 12.2.